The fraction of sp³-hybridized carbons (Fsp3) is 0.263. The van der Waals surface area contributed by atoms with Gasteiger partial charge in [-0.15, -0.1) is 11.8 Å². The Hall–Kier alpha value is -2.27. The van der Waals surface area contributed by atoms with Gasteiger partial charge in [0.15, 0.2) is 12.0 Å². The van der Waals surface area contributed by atoms with Gasteiger partial charge in [0.05, 0.1) is 5.76 Å². The molecule has 0 aliphatic carbocycles. The molecule has 4 nitrogen and oxygen atoms in total. The van der Waals surface area contributed by atoms with Gasteiger partial charge < -0.3 is 9.64 Å². The Kier molecular flexibility index (Phi) is 8.06. The predicted octanol–water partition coefficient (Wildman–Crippen LogP) is 4.40. The lowest BCUT2D eigenvalue weighted by Gasteiger charge is -2.22. The molecular weight excluding hydrogens is 320 g/mol. The van der Waals surface area contributed by atoms with Crippen LogP contribution in [-0.4, -0.2) is 30.3 Å². The Bertz CT molecular complexity index is 678. The molecule has 24 heavy (non-hydrogen) atoms. The Labute approximate surface area is 148 Å². The molecule has 0 radical (unpaired) electrons. The Morgan fingerprint density at radius 3 is 2.62 bits per heavy atom. The SMILES string of the molecule is C=C(C)O/C(C=O)=C/C(=C/C)C(=N)N(C)Cc1ccccc1SC. The van der Waals surface area contributed by atoms with Crippen molar-refractivity contribution in [3.8, 4) is 0 Å². The third-order valence-corrected chi connectivity index (χ3v) is 4.11. The highest BCUT2D eigenvalue weighted by molar-refractivity contribution is 7.98. The second-order valence-electron chi connectivity index (χ2n) is 5.23. The molecule has 128 valence electrons. The predicted molar refractivity (Wildman–Crippen MR) is 101 cm³/mol. The molecule has 1 N–H and O–H groups in total. The van der Waals surface area contributed by atoms with E-state index in [1.165, 1.54) is 4.90 Å². The molecule has 5 heteroatoms. The lowest BCUT2D eigenvalue weighted by atomic mass is 10.1. The minimum atomic E-state index is 0.137. The van der Waals surface area contributed by atoms with Crippen LogP contribution in [0.25, 0.3) is 0 Å². The normalized spacial score (nSPS) is 11.8. The fourth-order valence-electron chi connectivity index (χ4n) is 2.12. The number of hydrogen-bond acceptors (Lipinski definition) is 4. The summed E-state index contributed by atoms with van der Waals surface area (Å²) in [5, 5.41) is 8.39. The van der Waals surface area contributed by atoms with E-state index >= 15 is 0 Å². The van der Waals surface area contributed by atoms with Crippen molar-refractivity contribution in [2.24, 2.45) is 0 Å². The van der Waals surface area contributed by atoms with Crippen molar-refractivity contribution in [1.29, 1.82) is 5.41 Å². The van der Waals surface area contributed by atoms with E-state index in [9.17, 15) is 4.79 Å². The zero-order chi connectivity index (χ0) is 18.1. The first-order valence-electron chi connectivity index (χ1n) is 7.51. The van der Waals surface area contributed by atoms with Gasteiger partial charge in [-0.1, -0.05) is 30.9 Å². The lowest BCUT2D eigenvalue weighted by molar-refractivity contribution is -0.107. The van der Waals surface area contributed by atoms with Crippen LogP contribution in [0.15, 0.2) is 65.0 Å². The van der Waals surface area contributed by atoms with Gasteiger partial charge in [0.1, 0.15) is 5.84 Å². The minimum Gasteiger partial charge on any atom is -0.459 e. The van der Waals surface area contributed by atoms with Crippen molar-refractivity contribution in [2.45, 2.75) is 25.3 Å². The maximum Gasteiger partial charge on any atom is 0.185 e. The van der Waals surface area contributed by atoms with Crippen molar-refractivity contribution in [1.82, 2.24) is 4.90 Å². The van der Waals surface area contributed by atoms with E-state index in [-0.39, 0.29) is 5.76 Å². The monoisotopic (exact) mass is 344 g/mol. The zero-order valence-corrected chi connectivity index (χ0v) is 15.4. The van der Waals surface area contributed by atoms with Crippen molar-refractivity contribution < 1.29 is 9.53 Å². The van der Waals surface area contributed by atoms with Crippen LogP contribution in [0.4, 0.5) is 0 Å². The van der Waals surface area contributed by atoms with E-state index < -0.39 is 0 Å². The van der Waals surface area contributed by atoms with Crippen molar-refractivity contribution in [3.05, 3.63) is 65.7 Å². The van der Waals surface area contributed by atoms with Crippen LogP contribution in [0, 0.1) is 5.41 Å². The molecule has 0 aromatic heterocycles. The summed E-state index contributed by atoms with van der Waals surface area (Å²) in [5.74, 6) is 0.883. The Morgan fingerprint density at radius 1 is 1.42 bits per heavy atom. The molecule has 0 heterocycles. The molecule has 1 rings (SSSR count). The maximum absolute atomic E-state index is 11.1. The molecule has 0 aliphatic rings. The number of nitrogens with one attached hydrogen (secondary N) is 1. The standard InChI is InChI=1S/C19H24N2O2S/c1-6-15(11-17(13-22)23-14(2)3)19(20)21(4)12-16-9-7-8-10-18(16)24-5/h6-11,13,20H,2,12H2,1,3-5H3/b15-6-,17-11+,20-19?. The van der Waals surface area contributed by atoms with Crippen LogP contribution in [0.2, 0.25) is 0 Å². The van der Waals surface area contributed by atoms with Crippen molar-refractivity contribution >= 4 is 23.9 Å². The second kappa shape index (κ2) is 9.78. The number of benzene rings is 1. The molecule has 0 amide bonds. The fourth-order valence-corrected chi connectivity index (χ4v) is 2.73. The van der Waals surface area contributed by atoms with Crippen molar-refractivity contribution in [2.75, 3.05) is 13.3 Å². The van der Waals surface area contributed by atoms with Crippen LogP contribution in [0.5, 0.6) is 0 Å². The third-order valence-electron chi connectivity index (χ3n) is 3.27. The first-order chi connectivity index (χ1) is 11.4. The highest BCUT2D eigenvalue weighted by atomic mass is 32.2. The lowest BCUT2D eigenvalue weighted by Crippen LogP contribution is -2.27. The van der Waals surface area contributed by atoms with Gasteiger partial charge in [-0.05, 0) is 37.8 Å². The zero-order valence-electron chi connectivity index (χ0n) is 14.6. The first kappa shape index (κ1) is 19.8. The van der Waals surface area contributed by atoms with Gasteiger partial charge in [-0.2, -0.15) is 0 Å². The van der Waals surface area contributed by atoms with Gasteiger partial charge in [-0.3, -0.25) is 10.2 Å². The van der Waals surface area contributed by atoms with Crippen LogP contribution >= 0.6 is 11.8 Å². The molecule has 0 unspecified atom stereocenters. The molecule has 0 aliphatic heterocycles. The average molecular weight is 344 g/mol. The Balaban J connectivity index is 2.95. The van der Waals surface area contributed by atoms with Crippen molar-refractivity contribution in [3.63, 3.8) is 0 Å². The summed E-state index contributed by atoms with van der Waals surface area (Å²) in [6.07, 6.45) is 6.00. The highest BCUT2D eigenvalue weighted by Gasteiger charge is 2.12. The molecule has 0 atom stereocenters. The summed E-state index contributed by atoms with van der Waals surface area (Å²) < 4.78 is 5.26. The number of amidine groups is 1. The number of carbonyl (C=O) groups excluding carboxylic acids is 1. The maximum atomic E-state index is 11.1. The topological polar surface area (TPSA) is 53.4 Å². The third kappa shape index (κ3) is 5.74. The van der Waals surface area contributed by atoms with E-state index in [1.54, 1.807) is 30.8 Å². The smallest absolute Gasteiger partial charge is 0.185 e. The van der Waals surface area contributed by atoms with E-state index in [0.29, 0.717) is 30.0 Å². The molecule has 1 aromatic carbocycles. The summed E-state index contributed by atoms with van der Waals surface area (Å²) in [7, 11) is 1.86. The average Bonchev–Trinajstić information content (AvgIpc) is 2.57. The van der Waals surface area contributed by atoms with E-state index in [4.69, 9.17) is 10.1 Å². The molecular formula is C19H24N2O2S. The van der Waals surface area contributed by atoms with Crippen LogP contribution in [0.3, 0.4) is 0 Å². The molecule has 0 saturated heterocycles. The number of ether oxygens (including phenoxy) is 1. The number of rotatable bonds is 8. The van der Waals surface area contributed by atoms with E-state index in [1.807, 2.05) is 37.3 Å². The van der Waals surface area contributed by atoms with Gasteiger partial charge in [-0.25, -0.2) is 0 Å². The number of nitrogens with zero attached hydrogens (tertiary/aromatic N) is 1. The molecule has 0 fully saturated rings. The summed E-state index contributed by atoms with van der Waals surface area (Å²) in [6.45, 7) is 7.73. The number of likely N-dealkylation sites (N-methyl/N-ethyl adjacent to an activating group) is 1. The number of thioether (sulfide) groups is 1. The molecule has 0 spiro atoms. The number of hydrogen-bond donors (Lipinski definition) is 1. The van der Waals surface area contributed by atoms with Gasteiger partial charge in [0.2, 0.25) is 0 Å². The molecule has 0 saturated carbocycles. The first-order valence-corrected chi connectivity index (χ1v) is 8.73. The van der Waals surface area contributed by atoms with Crippen LogP contribution in [0.1, 0.15) is 19.4 Å². The highest BCUT2D eigenvalue weighted by Crippen LogP contribution is 2.21. The van der Waals surface area contributed by atoms with Gasteiger partial charge in [0.25, 0.3) is 0 Å². The Morgan fingerprint density at radius 2 is 2.08 bits per heavy atom. The largest absolute Gasteiger partial charge is 0.459 e. The van der Waals surface area contributed by atoms with Crippen LogP contribution < -0.4 is 0 Å². The number of allylic oxidation sites excluding steroid dienone is 3. The number of carbonyl (C=O) groups is 1. The minimum absolute atomic E-state index is 0.137. The summed E-state index contributed by atoms with van der Waals surface area (Å²) in [5.41, 5.74) is 1.77. The summed E-state index contributed by atoms with van der Waals surface area (Å²) >= 11 is 1.68. The van der Waals surface area contributed by atoms with Gasteiger partial charge in [0, 0.05) is 24.1 Å². The molecule has 0 bridgehead atoms. The van der Waals surface area contributed by atoms with Gasteiger partial charge >= 0.3 is 0 Å². The summed E-state index contributed by atoms with van der Waals surface area (Å²) in [4.78, 5) is 14.1. The van der Waals surface area contributed by atoms with E-state index in [2.05, 4.69) is 18.7 Å². The second-order valence-corrected chi connectivity index (χ2v) is 6.08. The van der Waals surface area contributed by atoms with E-state index in [0.717, 1.165) is 5.56 Å². The van der Waals surface area contributed by atoms with Crippen LogP contribution in [-0.2, 0) is 16.1 Å². The molecule has 1 aromatic rings. The number of aldehydes is 1. The summed E-state index contributed by atoms with van der Waals surface area (Å²) in [6, 6.07) is 8.13. The quantitative estimate of drug-likeness (QED) is 0.144.